The van der Waals surface area contributed by atoms with E-state index in [0.717, 1.165) is 12.0 Å². The Hall–Kier alpha value is -5.79. The van der Waals surface area contributed by atoms with Gasteiger partial charge in [-0.1, -0.05) is 67.5 Å². The Kier molecular flexibility index (Phi) is 33.6. The number of aliphatic carboxylic acids is 2. The number of carbonyl (C=O) groups is 9. The minimum Gasteiger partial charge on any atom is -0.481 e. The third kappa shape index (κ3) is 35.9. The van der Waals surface area contributed by atoms with Crippen LogP contribution in [0, 0.1) is 11.8 Å². The Bertz CT molecular complexity index is 1410. The average Bonchev–Trinajstić information content (AvgIpc) is 3.15. The van der Waals surface area contributed by atoms with Gasteiger partial charge in [-0.2, -0.15) is 0 Å². The number of urea groups is 1. The van der Waals surface area contributed by atoms with Crippen LogP contribution < -0.4 is 43.0 Å². The number of hydrogen-bond donors (Lipinski definition) is 10. The lowest BCUT2D eigenvalue weighted by molar-refractivity contribution is -0.148. The fraction of sp³-hybridized carbons (Fsp3) is 0.605. The molecule has 0 spiro atoms. The first kappa shape index (κ1) is 56.5. The Labute approximate surface area is 340 Å². The van der Waals surface area contributed by atoms with Crippen LogP contribution in [0.2, 0.25) is 0 Å². The molecule has 0 aliphatic carbocycles. The first-order valence-corrected chi connectivity index (χ1v) is 18.9. The molecule has 0 radical (unpaired) electrons. The fourth-order valence-corrected chi connectivity index (χ4v) is 3.86. The van der Waals surface area contributed by atoms with E-state index in [1.807, 2.05) is 13.8 Å². The van der Waals surface area contributed by atoms with Crippen molar-refractivity contribution in [2.75, 3.05) is 31.5 Å². The van der Waals surface area contributed by atoms with Gasteiger partial charge in [0.2, 0.25) is 30.0 Å². The molecule has 0 aromatic heterocycles. The average molecular weight is 827 g/mol. The number of anilines is 1. The fourth-order valence-electron chi connectivity index (χ4n) is 3.86. The Morgan fingerprint density at radius 1 is 0.776 bits per heavy atom. The van der Waals surface area contributed by atoms with Crippen molar-refractivity contribution in [3.63, 3.8) is 0 Å². The van der Waals surface area contributed by atoms with Crippen molar-refractivity contribution >= 4 is 59.7 Å². The van der Waals surface area contributed by atoms with Crippen LogP contribution in [0.25, 0.3) is 0 Å². The van der Waals surface area contributed by atoms with Gasteiger partial charge in [0, 0.05) is 37.2 Å². The summed E-state index contributed by atoms with van der Waals surface area (Å²) >= 11 is 0. The maximum atomic E-state index is 12.5. The number of esters is 1. The van der Waals surface area contributed by atoms with E-state index in [4.69, 9.17) is 20.7 Å². The van der Waals surface area contributed by atoms with Crippen molar-refractivity contribution in [2.24, 2.45) is 17.6 Å². The van der Waals surface area contributed by atoms with E-state index < -0.39 is 47.6 Å². The number of nitrogens with two attached hydrogens (primary N) is 1. The van der Waals surface area contributed by atoms with Gasteiger partial charge in [-0.05, 0) is 43.4 Å². The lowest BCUT2D eigenvalue weighted by Crippen LogP contribution is -2.53. The molecule has 0 aliphatic rings. The van der Waals surface area contributed by atoms with Gasteiger partial charge in [0.1, 0.15) is 12.6 Å². The number of hydrogen-bond acceptors (Lipinski definition) is 11. The van der Waals surface area contributed by atoms with E-state index >= 15 is 0 Å². The number of carboxylic acid groups (broad SMARTS) is 2. The van der Waals surface area contributed by atoms with Gasteiger partial charge in [0.15, 0.2) is 0 Å². The second kappa shape index (κ2) is 34.5. The Morgan fingerprint density at radius 2 is 1.34 bits per heavy atom. The van der Waals surface area contributed by atoms with E-state index in [0.29, 0.717) is 37.1 Å². The molecule has 2 atom stereocenters. The molecule has 58 heavy (non-hydrogen) atoms. The minimum atomic E-state index is -0.923. The summed E-state index contributed by atoms with van der Waals surface area (Å²) in [7, 11) is 0. The summed E-state index contributed by atoms with van der Waals surface area (Å²) in [5.74, 6) is -4.45. The normalized spacial score (nSPS) is 11.0. The molecule has 2 unspecified atom stereocenters. The summed E-state index contributed by atoms with van der Waals surface area (Å²) in [5.41, 5.74) is 5.99. The molecule has 0 saturated carbocycles. The first-order chi connectivity index (χ1) is 27.1. The molecule has 0 heterocycles. The Morgan fingerprint density at radius 3 is 1.78 bits per heavy atom. The highest BCUT2D eigenvalue weighted by atomic mass is 16.5. The SMILES string of the molecule is CC(C)C(=O)OCc1ccc(NC(=O)CNC(=O)C(NC(=O)CNC(=O)CNC=O)C(C)C)cc1.CC(C)NC(C)CCC(=O)O.CCC(=O)O.CCCNC(N)=O. The van der Waals surface area contributed by atoms with Gasteiger partial charge in [0.05, 0.1) is 25.6 Å². The van der Waals surface area contributed by atoms with E-state index in [1.165, 1.54) is 0 Å². The van der Waals surface area contributed by atoms with Gasteiger partial charge in [-0.3, -0.25) is 38.4 Å². The maximum absolute atomic E-state index is 12.5. The molecule has 20 heteroatoms. The lowest BCUT2D eigenvalue weighted by atomic mass is 10.0. The molecule has 1 aromatic rings. The Balaban J connectivity index is -0.00000106. The predicted molar refractivity (Wildman–Crippen MR) is 217 cm³/mol. The number of carboxylic acids is 2. The van der Waals surface area contributed by atoms with Crippen LogP contribution in [0.5, 0.6) is 0 Å². The molecule has 0 bridgehead atoms. The number of primary amides is 1. The highest BCUT2D eigenvalue weighted by molar-refractivity contribution is 5.96. The largest absolute Gasteiger partial charge is 0.481 e. The van der Waals surface area contributed by atoms with Gasteiger partial charge >= 0.3 is 23.9 Å². The van der Waals surface area contributed by atoms with E-state index in [-0.39, 0.29) is 56.9 Å². The van der Waals surface area contributed by atoms with Crippen molar-refractivity contribution in [1.29, 1.82) is 0 Å². The zero-order chi connectivity index (χ0) is 45.2. The monoisotopic (exact) mass is 826 g/mol. The number of nitrogens with one attached hydrogen (secondary N) is 7. The summed E-state index contributed by atoms with van der Waals surface area (Å²) in [5, 5.41) is 33.9. The molecular weight excluding hydrogens is 760 g/mol. The van der Waals surface area contributed by atoms with Crippen molar-refractivity contribution in [3.8, 4) is 0 Å². The third-order valence-electron chi connectivity index (χ3n) is 6.83. The zero-order valence-electron chi connectivity index (χ0n) is 35.2. The van der Waals surface area contributed by atoms with Crippen LogP contribution >= 0.6 is 0 Å². The second-order valence-electron chi connectivity index (χ2n) is 13.5. The van der Waals surface area contributed by atoms with Crippen molar-refractivity contribution < 1.29 is 58.1 Å². The quantitative estimate of drug-likeness (QED) is 0.0582. The van der Waals surface area contributed by atoms with Crippen LogP contribution in [-0.2, 0) is 49.7 Å². The van der Waals surface area contributed by atoms with Gasteiger partial charge in [-0.15, -0.1) is 0 Å². The van der Waals surface area contributed by atoms with Crippen LogP contribution in [-0.4, -0.2) is 108 Å². The highest BCUT2D eigenvalue weighted by Gasteiger charge is 2.24. The van der Waals surface area contributed by atoms with Gasteiger partial charge in [-0.25, -0.2) is 4.79 Å². The number of carbonyl (C=O) groups excluding carboxylic acids is 7. The van der Waals surface area contributed by atoms with E-state index in [1.54, 1.807) is 58.9 Å². The molecule has 330 valence electrons. The summed E-state index contributed by atoms with van der Waals surface area (Å²) < 4.78 is 5.15. The summed E-state index contributed by atoms with van der Waals surface area (Å²) in [6.07, 6.45) is 2.47. The first-order valence-electron chi connectivity index (χ1n) is 18.9. The summed E-state index contributed by atoms with van der Waals surface area (Å²) in [6.45, 7) is 16.4. The summed E-state index contributed by atoms with van der Waals surface area (Å²) in [6, 6.07) is 6.07. The number of ether oxygens (including phenoxy) is 1. The second-order valence-corrected chi connectivity index (χ2v) is 13.5. The topological polar surface area (TPSA) is 314 Å². The van der Waals surface area contributed by atoms with Crippen LogP contribution in [0.4, 0.5) is 10.5 Å². The summed E-state index contributed by atoms with van der Waals surface area (Å²) in [4.78, 5) is 99.3. The molecular formula is C38H66N8O12. The maximum Gasteiger partial charge on any atom is 0.312 e. The van der Waals surface area contributed by atoms with E-state index in [2.05, 4.69) is 51.1 Å². The molecule has 1 aromatic carbocycles. The molecule has 0 saturated heterocycles. The standard InChI is InChI=1S/C23H33N5O7.C8H17NO2.C4H10N2O.C3H6O2/c1-14(2)21(28-20(32)10-25-18(30)9-24-13-29)22(33)26-11-19(31)27-17-7-5-16(6-8-17)12-35-23(34)15(3)4;1-6(2)9-7(3)4-5-8(10)11;1-2-3-6-4(5)7;1-2-3(4)5/h5-8,13-15,21H,9-12H2,1-4H3,(H,24,29)(H,25,30)(H,26,33)(H,27,31)(H,28,32);6-7,9H,4-5H2,1-3H3,(H,10,11);2-3H2,1H3,(H3,5,6,7);2H2,1H3,(H,4,5). The molecule has 11 N–H and O–H groups in total. The lowest BCUT2D eigenvalue weighted by Gasteiger charge is -2.21. The molecule has 20 nitrogen and oxygen atoms in total. The molecule has 0 aliphatic heterocycles. The number of rotatable bonds is 22. The minimum absolute atomic E-state index is 0.128. The van der Waals surface area contributed by atoms with Gasteiger partial charge < -0.3 is 57.9 Å². The van der Waals surface area contributed by atoms with Gasteiger partial charge in [0.25, 0.3) is 0 Å². The number of amides is 7. The number of benzene rings is 1. The predicted octanol–water partition coefficient (Wildman–Crippen LogP) is 1.23. The molecule has 0 fully saturated rings. The zero-order valence-corrected chi connectivity index (χ0v) is 35.2. The van der Waals surface area contributed by atoms with Crippen LogP contribution in [0.3, 0.4) is 0 Å². The van der Waals surface area contributed by atoms with Crippen LogP contribution in [0.15, 0.2) is 24.3 Å². The van der Waals surface area contributed by atoms with Crippen molar-refractivity contribution in [3.05, 3.63) is 29.8 Å². The van der Waals surface area contributed by atoms with Crippen molar-refractivity contribution in [2.45, 2.75) is 113 Å². The third-order valence-corrected chi connectivity index (χ3v) is 6.83. The van der Waals surface area contributed by atoms with Crippen molar-refractivity contribution in [1.82, 2.24) is 31.9 Å². The molecule has 7 amide bonds. The molecule has 1 rings (SSSR count). The van der Waals surface area contributed by atoms with Crippen LogP contribution in [0.1, 0.15) is 93.6 Å². The van der Waals surface area contributed by atoms with E-state index in [9.17, 15) is 43.2 Å². The smallest absolute Gasteiger partial charge is 0.312 e. The highest BCUT2D eigenvalue weighted by Crippen LogP contribution is 2.11.